The summed E-state index contributed by atoms with van der Waals surface area (Å²) in [7, 11) is 0. The number of rotatable bonds is 6. The summed E-state index contributed by atoms with van der Waals surface area (Å²) in [5.41, 5.74) is 0. The van der Waals surface area contributed by atoms with E-state index in [4.69, 9.17) is 0 Å². The molecule has 0 aromatic carbocycles. The van der Waals surface area contributed by atoms with Gasteiger partial charge < -0.3 is 15.6 Å². The molecule has 0 aliphatic rings. The van der Waals surface area contributed by atoms with Gasteiger partial charge in [0.1, 0.15) is 5.82 Å². The van der Waals surface area contributed by atoms with Crippen LogP contribution in [0.3, 0.4) is 0 Å². The Morgan fingerprint density at radius 1 is 1.64 bits per heavy atom. The quantitative estimate of drug-likeness (QED) is 0.562. The minimum atomic E-state index is 0.0438. The number of nitrogens with one attached hydrogen (secondary N) is 3. The molecule has 5 nitrogen and oxygen atoms in total. The van der Waals surface area contributed by atoms with Crippen molar-refractivity contribution in [2.75, 3.05) is 13.1 Å². The van der Waals surface area contributed by atoms with Crippen molar-refractivity contribution >= 4 is 5.91 Å². The maximum absolute atomic E-state index is 11.2. The van der Waals surface area contributed by atoms with Gasteiger partial charge in [0.25, 0.3) is 0 Å². The molecule has 0 fully saturated rings. The molecule has 0 bridgehead atoms. The van der Waals surface area contributed by atoms with Gasteiger partial charge in [-0.2, -0.15) is 0 Å². The molecule has 0 aliphatic heterocycles. The fraction of sp³-hybridized carbons (Fsp3) is 0.556. The Bertz CT molecular complexity index is 258. The van der Waals surface area contributed by atoms with Gasteiger partial charge in [-0.15, -0.1) is 0 Å². The van der Waals surface area contributed by atoms with Crippen molar-refractivity contribution in [2.45, 2.75) is 19.9 Å². The van der Waals surface area contributed by atoms with Gasteiger partial charge in [-0.25, -0.2) is 4.98 Å². The maximum atomic E-state index is 11.2. The number of amides is 1. The van der Waals surface area contributed by atoms with E-state index in [9.17, 15) is 4.79 Å². The van der Waals surface area contributed by atoms with Crippen LogP contribution in [0.15, 0.2) is 12.4 Å². The minimum absolute atomic E-state index is 0.0438. The number of hydrogen-bond donors (Lipinski definition) is 3. The summed E-state index contributed by atoms with van der Waals surface area (Å²) >= 11 is 0. The molecule has 0 aliphatic carbocycles. The van der Waals surface area contributed by atoms with Crippen molar-refractivity contribution in [2.24, 2.45) is 0 Å². The Kier molecular flexibility index (Phi) is 4.71. The van der Waals surface area contributed by atoms with Crippen LogP contribution in [0.1, 0.15) is 19.2 Å². The fourth-order valence-electron chi connectivity index (χ4n) is 1.04. The number of imidazole rings is 1. The smallest absolute Gasteiger partial charge is 0.221 e. The third-order valence-corrected chi connectivity index (χ3v) is 1.79. The van der Waals surface area contributed by atoms with E-state index in [1.165, 1.54) is 0 Å². The van der Waals surface area contributed by atoms with Gasteiger partial charge in [-0.3, -0.25) is 4.79 Å². The maximum Gasteiger partial charge on any atom is 0.221 e. The number of carbonyl (C=O) groups is 1. The predicted molar refractivity (Wildman–Crippen MR) is 53.6 cm³/mol. The molecule has 3 N–H and O–H groups in total. The van der Waals surface area contributed by atoms with E-state index in [0.29, 0.717) is 13.0 Å². The molecule has 5 heteroatoms. The Balaban J connectivity index is 2.09. The van der Waals surface area contributed by atoms with Crippen LogP contribution in [0.2, 0.25) is 0 Å². The van der Waals surface area contributed by atoms with Crippen molar-refractivity contribution < 1.29 is 4.79 Å². The van der Waals surface area contributed by atoms with E-state index in [-0.39, 0.29) is 5.91 Å². The summed E-state index contributed by atoms with van der Waals surface area (Å²) in [5.74, 6) is 0.823. The fourth-order valence-corrected chi connectivity index (χ4v) is 1.04. The second kappa shape index (κ2) is 6.15. The topological polar surface area (TPSA) is 69.8 Å². The van der Waals surface area contributed by atoms with E-state index >= 15 is 0 Å². The molecule has 0 radical (unpaired) electrons. The molecule has 0 saturated carbocycles. The van der Waals surface area contributed by atoms with Gasteiger partial charge in [0.2, 0.25) is 5.91 Å². The summed E-state index contributed by atoms with van der Waals surface area (Å²) < 4.78 is 0. The standard InChI is InChI=1S/C9H16N4O/c1-2-10-4-3-9(14)13-7-8-11-5-6-12-8/h5-6,10H,2-4,7H2,1H3,(H,11,12)(H,13,14). The number of hydrogen-bond acceptors (Lipinski definition) is 3. The number of H-pyrrole nitrogens is 1. The van der Waals surface area contributed by atoms with Crippen LogP contribution < -0.4 is 10.6 Å². The highest BCUT2D eigenvalue weighted by Gasteiger charge is 2.00. The monoisotopic (exact) mass is 196 g/mol. The van der Waals surface area contributed by atoms with E-state index in [2.05, 4.69) is 20.6 Å². The molecular formula is C9H16N4O. The molecule has 0 spiro atoms. The minimum Gasteiger partial charge on any atom is -0.349 e. The summed E-state index contributed by atoms with van der Waals surface area (Å²) in [6.07, 6.45) is 3.91. The third-order valence-electron chi connectivity index (χ3n) is 1.79. The number of nitrogens with zero attached hydrogens (tertiary/aromatic N) is 1. The summed E-state index contributed by atoms with van der Waals surface area (Å²) in [6, 6.07) is 0. The molecule has 78 valence electrons. The highest BCUT2D eigenvalue weighted by atomic mass is 16.1. The molecular weight excluding hydrogens is 180 g/mol. The van der Waals surface area contributed by atoms with Crippen molar-refractivity contribution in [3.05, 3.63) is 18.2 Å². The summed E-state index contributed by atoms with van der Waals surface area (Å²) in [4.78, 5) is 18.1. The van der Waals surface area contributed by atoms with Crippen LogP contribution >= 0.6 is 0 Å². The lowest BCUT2D eigenvalue weighted by atomic mass is 10.4. The predicted octanol–water partition coefficient (Wildman–Crippen LogP) is 0.0255. The Labute approximate surface area is 83.3 Å². The van der Waals surface area contributed by atoms with E-state index in [1.807, 2.05) is 6.92 Å². The third kappa shape index (κ3) is 4.04. The SMILES string of the molecule is CCNCCC(=O)NCc1ncc[nH]1. The van der Waals surface area contributed by atoms with Crippen LogP contribution in [0.4, 0.5) is 0 Å². The molecule has 0 unspecified atom stereocenters. The number of carbonyl (C=O) groups excluding carboxylic acids is 1. The Hall–Kier alpha value is -1.36. The first-order valence-electron chi connectivity index (χ1n) is 4.78. The van der Waals surface area contributed by atoms with Crippen molar-refractivity contribution in [1.82, 2.24) is 20.6 Å². The van der Waals surface area contributed by atoms with Crippen molar-refractivity contribution in [3.8, 4) is 0 Å². The van der Waals surface area contributed by atoms with E-state index in [1.54, 1.807) is 12.4 Å². The summed E-state index contributed by atoms with van der Waals surface area (Å²) in [5, 5.41) is 5.86. The first-order chi connectivity index (χ1) is 6.83. The molecule has 0 atom stereocenters. The highest BCUT2D eigenvalue weighted by molar-refractivity contribution is 5.75. The van der Waals surface area contributed by atoms with Gasteiger partial charge in [-0.1, -0.05) is 6.92 Å². The van der Waals surface area contributed by atoms with Crippen molar-refractivity contribution in [3.63, 3.8) is 0 Å². The largest absolute Gasteiger partial charge is 0.349 e. The van der Waals surface area contributed by atoms with E-state index < -0.39 is 0 Å². The second-order valence-electron chi connectivity index (χ2n) is 2.92. The Morgan fingerprint density at radius 2 is 2.50 bits per heavy atom. The molecule has 14 heavy (non-hydrogen) atoms. The number of aromatic nitrogens is 2. The molecule has 1 aromatic rings. The van der Waals surface area contributed by atoms with Crippen LogP contribution in [-0.4, -0.2) is 29.0 Å². The zero-order valence-corrected chi connectivity index (χ0v) is 8.34. The lowest BCUT2D eigenvalue weighted by Gasteiger charge is -2.03. The van der Waals surface area contributed by atoms with Crippen LogP contribution in [0, 0.1) is 0 Å². The van der Waals surface area contributed by atoms with Crippen LogP contribution in [0.25, 0.3) is 0 Å². The van der Waals surface area contributed by atoms with Gasteiger partial charge in [0.15, 0.2) is 0 Å². The first-order valence-corrected chi connectivity index (χ1v) is 4.78. The lowest BCUT2D eigenvalue weighted by molar-refractivity contribution is -0.121. The lowest BCUT2D eigenvalue weighted by Crippen LogP contribution is -2.27. The first kappa shape index (κ1) is 10.7. The highest BCUT2D eigenvalue weighted by Crippen LogP contribution is 1.87. The molecule has 1 amide bonds. The van der Waals surface area contributed by atoms with Gasteiger partial charge >= 0.3 is 0 Å². The normalized spacial score (nSPS) is 10.1. The van der Waals surface area contributed by atoms with Gasteiger partial charge in [0.05, 0.1) is 6.54 Å². The van der Waals surface area contributed by atoms with Gasteiger partial charge in [-0.05, 0) is 6.54 Å². The zero-order valence-electron chi connectivity index (χ0n) is 8.34. The summed E-state index contributed by atoms with van der Waals surface area (Å²) in [6.45, 7) is 4.10. The Morgan fingerprint density at radius 3 is 3.14 bits per heavy atom. The van der Waals surface area contributed by atoms with Gasteiger partial charge in [0, 0.05) is 25.4 Å². The average molecular weight is 196 g/mol. The van der Waals surface area contributed by atoms with Crippen LogP contribution in [0.5, 0.6) is 0 Å². The average Bonchev–Trinajstić information content (AvgIpc) is 2.68. The number of aromatic amines is 1. The molecule has 0 saturated heterocycles. The second-order valence-corrected chi connectivity index (χ2v) is 2.92. The van der Waals surface area contributed by atoms with Crippen molar-refractivity contribution in [1.29, 1.82) is 0 Å². The molecule has 1 aromatic heterocycles. The molecule has 1 rings (SSSR count). The van der Waals surface area contributed by atoms with Crippen LogP contribution in [-0.2, 0) is 11.3 Å². The van der Waals surface area contributed by atoms with E-state index in [0.717, 1.165) is 18.9 Å². The molecule has 1 heterocycles. The zero-order chi connectivity index (χ0) is 10.2.